The van der Waals surface area contributed by atoms with Crippen LogP contribution in [0.15, 0.2) is 53.4 Å². The molecular formula is C25H21ClN2O4S. The van der Waals surface area contributed by atoms with Gasteiger partial charge >= 0.3 is 0 Å². The van der Waals surface area contributed by atoms with Gasteiger partial charge in [0.05, 0.1) is 11.4 Å². The summed E-state index contributed by atoms with van der Waals surface area (Å²) in [4.78, 5) is 27.3. The fraction of sp³-hybridized carbons (Fsp3) is 0.200. The van der Waals surface area contributed by atoms with Gasteiger partial charge in [-0.1, -0.05) is 41.9 Å². The lowest BCUT2D eigenvalue weighted by Crippen LogP contribution is -2.27. The minimum atomic E-state index is -0.327. The second kappa shape index (κ2) is 8.65. The van der Waals surface area contributed by atoms with E-state index in [0.717, 1.165) is 35.3 Å². The van der Waals surface area contributed by atoms with Crippen molar-refractivity contribution >= 4 is 40.6 Å². The van der Waals surface area contributed by atoms with E-state index in [1.165, 1.54) is 10.5 Å². The molecule has 5 rings (SSSR count). The summed E-state index contributed by atoms with van der Waals surface area (Å²) in [6.45, 7) is 5.02. The molecule has 0 saturated carbocycles. The first-order valence-corrected chi connectivity index (χ1v) is 11.6. The molecular weight excluding hydrogens is 460 g/mol. The van der Waals surface area contributed by atoms with Crippen LogP contribution in [0.4, 0.5) is 4.79 Å². The molecule has 2 aliphatic rings. The number of hydrogen-bond acceptors (Lipinski definition) is 5. The first-order chi connectivity index (χ1) is 15.9. The Kier molecular flexibility index (Phi) is 5.68. The third-order valence-electron chi connectivity index (χ3n) is 5.83. The monoisotopic (exact) mass is 480 g/mol. The number of aryl methyl sites for hydroxylation is 1. The number of thioether (sulfide) groups is 1. The van der Waals surface area contributed by atoms with Crippen molar-refractivity contribution in [3.05, 3.63) is 86.5 Å². The molecule has 1 fully saturated rings. The summed E-state index contributed by atoms with van der Waals surface area (Å²) in [5.41, 5.74) is 4.89. The van der Waals surface area contributed by atoms with E-state index in [4.69, 9.17) is 21.1 Å². The fourth-order valence-corrected chi connectivity index (χ4v) is 5.05. The largest absolute Gasteiger partial charge is 0.454 e. The Hall–Kier alpha value is -3.16. The van der Waals surface area contributed by atoms with Crippen molar-refractivity contribution in [3.63, 3.8) is 0 Å². The highest BCUT2D eigenvalue weighted by Crippen LogP contribution is 2.39. The summed E-state index contributed by atoms with van der Waals surface area (Å²) >= 11 is 7.29. The summed E-state index contributed by atoms with van der Waals surface area (Å²) < 4.78 is 12.9. The van der Waals surface area contributed by atoms with Gasteiger partial charge in [0.1, 0.15) is 0 Å². The van der Waals surface area contributed by atoms with E-state index in [1.807, 2.05) is 38.1 Å². The van der Waals surface area contributed by atoms with E-state index in [0.29, 0.717) is 27.0 Å². The van der Waals surface area contributed by atoms with E-state index >= 15 is 0 Å². The number of hydrogen-bond donors (Lipinski definition) is 0. The van der Waals surface area contributed by atoms with Crippen molar-refractivity contribution in [2.24, 2.45) is 0 Å². The second-order valence-electron chi connectivity index (χ2n) is 7.96. The smallest absolute Gasteiger partial charge is 0.293 e. The van der Waals surface area contributed by atoms with Crippen LogP contribution in [0.2, 0.25) is 5.02 Å². The van der Waals surface area contributed by atoms with Gasteiger partial charge in [0.2, 0.25) is 6.79 Å². The highest BCUT2D eigenvalue weighted by atomic mass is 35.5. The summed E-state index contributed by atoms with van der Waals surface area (Å²) in [6, 6.07) is 15.6. The predicted octanol–water partition coefficient (Wildman–Crippen LogP) is 5.77. The highest BCUT2D eigenvalue weighted by Gasteiger charge is 2.36. The summed E-state index contributed by atoms with van der Waals surface area (Å²) in [5, 5.41) is 0.102. The molecule has 0 bridgehead atoms. The molecule has 1 saturated heterocycles. The molecule has 2 aliphatic heterocycles. The lowest BCUT2D eigenvalue weighted by Gasteiger charge is -2.14. The molecule has 1 aromatic heterocycles. The van der Waals surface area contributed by atoms with Crippen LogP contribution in [0, 0.1) is 13.8 Å². The first kappa shape index (κ1) is 21.7. The Morgan fingerprint density at radius 1 is 1.03 bits per heavy atom. The number of amides is 2. The van der Waals surface area contributed by atoms with Crippen molar-refractivity contribution in [1.82, 2.24) is 9.47 Å². The topological polar surface area (TPSA) is 60.8 Å². The molecule has 168 valence electrons. The highest BCUT2D eigenvalue weighted by molar-refractivity contribution is 8.18. The summed E-state index contributed by atoms with van der Waals surface area (Å²) in [7, 11) is 0. The first-order valence-electron chi connectivity index (χ1n) is 10.4. The van der Waals surface area contributed by atoms with E-state index in [1.54, 1.807) is 18.2 Å². The molecule has 2 aromatic carbocycles. The van der Waals surface area contributed by atoms with Crippen LogP contribution in [0.3, 0.4) is 0 Å². The Balaban J connectivity index is 1.38. The Morgan fingerprint density at radius 3 is 2.52 bits per heavy atom. The van der Waals surface area contributed by atoms with E-state index in [2.05, 4.69) is 16.7 Å². The van der Waals surface area contributed by atoms with Crippen LogP contribution in [0.1, 0.15) is 28.1 Å². The minimum absolute atomic E-state index is 0.0739. The van der Waals surface area contributed by atoms with E-state index in [-0.39, 0.29) is 24.5 Å². The number of imide groups is 1. The Labute approximate surface area is 200 Å². The molecule has 0 N–H and O–H groups in total. The summed E-state index contributed by atoms with van der Waals surface area (Å²) in [5.74, 6) is 0.790. The SMILES string of the molecule is Cc1cc(/C=C2\SC(=O)N(Cc3cc4c(cc3Cl)OCO4)C2=O)c(C)n1Cc1ccccc1. The number of carbonyl (C=O) groups is 2. The van der Waals surface area contributed by atoms with Crippen molar-refractivity contribution in [2.45, 2.75) is 26.9 Å². The van der Waals surface area contributed by atoms with Crippen LogP contribution in [0.5, 0.6) is 11.5 Å². The second-order valence-corrected chi connectivity index (χ2v) is 9.36. The molecule has 8 heteroatoms. The van der Waals surface area contributed by atoms with Gasteiger partial charge < -0.3 is 14.0 Å². The van der Waals surface area contributed by atoms with Gasteiger partial charge in [-0.15, -0.1) is 0 Å². The van der Waals surface area contributed by atoms with Crippen molar-refractivity contribution in [1.29, 1.82) is 0 Å². The van der Waals surface area contributed by atoms with Crippen LogP contribution in [-0.2, 0) is 17.9 Å². The summed E-state index contributed by atoms with van der Waals surface area (Å²) in [6.07, 6.45) is 1.80. The zero-order valence-corrected chi connectivity index (χ0v) is 19.7. The zero-order chi connectivity index (χ0) is 23.1. The molecule has 0 spiro atoms. The van der Waals surface area contributed by atoms with E-state index < -0.39 is 0 Å². The molecule has 6 nitrogen and oxygen atoms in total. The number of ether oxygens (including phenoxy) is 2. The quantitative estimate of drug-likeness (QED) is 0.434. The molecule has 3 heterocycles. The minimum Gasteiger partial charge on any atom is -0.454 e. The van der Waals surface area contributed by atoms with Gasteiger partial charge in [0.15, 0.2) is 11.5 Å². The number of carbonyl (C=O) groups excluding carboxylic acids is 2. The third-order valence-corrected chi connectivity index (χ3v) is 7.09. The lowest BCUT2D eigenvalue weighted by atomic mass is 10.2. The molecule has 0 aliphatic carbocycles. The number of halogens is 1. The van der Waals surface area contributed by atoms with Gasteiger partial charge in [0.25, 0.3) is 11.1 Å². The third kappa shape index (κ3) is 4.14. The van der Waals surface area contributed by atoms with E-state index in [9.17, 15) is 9.59 Å². The number of rotatable bonds is 5. The van der Waals surface area contributed by atoms with Crippen molar-refractivity contribution in [2.75, 3.05) is 6.79 Å². The zero-order valence-electron chi connectivity index (χ0n) is 18.1. The maximum absolute atomic E-state index is 13.1. The van der Waals surface area contributed by atoms with Crippen LogP contribution in [-0.4, -0.2) is 27.4 Å². The molecule has 0 atom stereocenters. The van der Waals surface area contributed by atoms with Gasteiger partial charge in [-0.25, -0.2) is 0 Å². The van der Waals surface area contributed by atoms with Crippen LogP contribution >= 0.6 is 23.4 Å². The Bertz CT molecular complexity index is 1300. The Morgan fingerprint density at radius 2 is 1.76 bits per heavy atom. The maximum Gasteiger partial charge on any atom is 0.293 e. The van der Waals surface area contributed by atoms with Crippen LogP contribution < -0.4 is 9.47 Å². The molecule has 0 radical (unpaired) electrons. The standard InChI is InChI=1S/C25H21ClN2O4S/c1-15-8-18(16(2)27(15)12-17-6-4-3-5-7-17)10-23-24(29)28(25(30)33-23)13-19-9-21-22(11-20(19)26)32-14-31-21/h3-11H,12-14H2,1-2H3/b23-10-. The van der Waals surface area contributed by atoms with Crippen LogP contribution in [0.25, 0.3) is 6.08 Å². The van der Waals surface area contributed by atoms with Gasteiger partial charge in [-0.05, 0) is 60.5 Å². The fourth-order valence-electron chi connectivity index (χ4n) is 4.01. The van der Waals surface area contributed by atoms with Gasteiger partial charge in [-0.3, -0.25) is 14.5 Å². The lowest BCUT2D eigenvalue weighted by molar-refractivity contribution is -0.123. The molecule has 0 unspecified atom stereocenters. The number of fused-ring (bicyclic) bond motifs is 1. The van der Waals surface area contributed by atoms with Crippen molar-refractivity contribution in [3.8, 4) is 11.5 Å². The molecule has 33 heavy (non-hydrogen) atoms. The van der Waals surface area contributed by atoms with Gasteiger partial charge in [0, 0.05) is 29.0 Å². The van der Waals surface area contributed by atoms with Gasteiger partial charge in [-0.2, -0.15) is 0 Å². The average molecular weight is 481 g/mol. The molecule has 3 aromatic rings. The maximum atomic E-state index is 13.1. The normalized spacial score (nSPS) is 16.3. The molecule has 2 amide bonds. The number of aromatic nitrogens is 1. The van der Waals surface area contributed by atoms with Crippen molar-refractivity contribution < 1.29 is 19.1 Å². The number of benzene rings is 2. The average Bonchev–Trinajstić information content (AvgIpc) is 3.43. The predicted molar refractivity (Wildman–Crippen MR) is 129 cm³/mol. The number of nitrogens with zero attached hydrogens (tertiary/aromatic N) is 2.